The molecule has 0 aromatic heterocycles. The number of carbonyl (C=O) groups excluding carboxylic acids is 1. The number of nitrogens with zero attached hydrogens (tertiary/aromatic N) is 1. The van der Waals surface area contributed by atoms with Gasteiger partial charge in [-0.05, 0) is 55.8 Å². The molecule has 1 saturated heterocycles. The van der Waals surface area contributed by atoms with Crippen LogP contribution in [0.5, 0.6) is 11.5 Å². The first-order valence-electron chi connectivity index (χ1n) is 8.91. The SMILES string of the molecule is COc1ccc(CC(=O)N2CCC(NCC3CC3)CC2)cc1OC. The summed E-state index contributed by atoms with van der Waals surface area (Å²) in [6, 6.07) is 6.26. The minimum atomic E-state index is 0.197. The highest BCUT2D eigenvalue weighted by Gasteiger charge is 2.26. The molecule has 1 aliphatic carbocycles. The van der Waals surface area contributed by atoms with Gasteiger partial charge in [-0.25, -0.2) is 0 Å². The van der Waals surface area contributed by atoms with E-state index in [1.807, 2.05) is 23.1 Å². The molecule has 0 radical (unpaired) electrons. The summed E-state index contributed by atoms with van der Waals surface area (Å²) in [5.74, 6) is 2.47. The highest BCUT2D eigenvalue weighted by atomic mass is 16.5. The van der Waals surface area contributed by atoms with E-state index >= 15 is 0 Å². The van der Waals surface area contributed by atoms with Gasteiger partial charge in [-0.3, -0.25) is 4.79 Å². The van der Waals surface area contributed by atoms with Gasteiger partial charge in [-0.15, -0.1) is 0 Å². The van der Waals surface area contributed by atoms with E-state index in [1.54, 1.807) is 14.2 Å². The minimum Gasteiger partial charge on any atom is -0.493 e. The van der Waals surface area contributed by atoms with Crippen LogP contribution < -0.4 is 14.8 Å². The lowest BCUT2D eigenvalue weighted by atomic mass is 10.0. The van der Waals surface area contributed by atoms with Crippen molar-refractivity contribution in [2.24, 2.45) is 5.92 Å². The Balaban J connectivity index is 1.48. The molecule has 5 heteroatoms. The molecule has 1 aromatic carbocycles. The zero-order valence-corrected chi connectivity index (χ0v) is 14.7. The Labute approximate surface area is 144 Å². The number of hydrogen-bond acceptors (Lipinski definition) is 4. The fraction of sp³-hybridized carbons (Fsp3) is 0.632. The standard InChI is InChI=1S/C19H28N2O3/c1-23-17-6-5-15(11-18(17)24-2)12-19(22)21-9-7-16(8-10-21)20-13-14-3-4-14/h5-6,11,14,16,20H,3-4,7-10,12-13H2,1-2H3. The van der Waals surface area contributed by atoms with Crippen LogP contribution >= 0.6 is 0 Å². The van der Waals surface area contributed by atoms with Crippen LogP contribution in [0.25, 0.3) is 0 Å². The molecule has 132 valence electrons. The summed E-state index contributed by atoms with van der Waals surface area (Å²) in [5, 5.41) is 3.65. The van der Waals surface area contributed by atoms with Gasteiger partial charge >= 0.3 is 0 Å². The van der Waals surface area contributed by atoms with E-state index in [9.17, 15) is 4.79 Å². The number of amides is 1. The molecular weight excluding hydrogens is 304 g/mol. The number of hydrogen-bond donors (Lipinski definition) is 1. The van der Waals surface area contributed by atoms with E-state index in [0.29, 0.717) is 24.0 Å². The highest BCUT2D eigenvalue weighted by Crippen LogP contribution is 2.29. The molecular formula is C19H28N2O3. The summed E-state index contributed by atoms with van der Waals surface area (Å²) < 4.78 is 10.6. The van der Waals surface area contributed by atoms with E-state index in [0.717, 1.165) is 44.0 Å². The van der Waals surface area contributed by atoms with E-state index in [-0.39, 0.29) is 5.91 Å². The van der Waals surface area contributed by atoms with Crippen LogP contribution in [-0.2, 0) is 11.2 Å². The van der Waals surface area contributed by atoms with Gasteiger partial charge < -0.3 is 19.7 Å². The first kappa shape index (κ1) is 17.1. The third-order valence-corrected chi connectivity index (χ3v) is 5.04. The first-order chi connectivity index (χ1) is 11.7. The smallest absolute Gasteiger partial charge is 0.226 e. The van der Waals surface area contributed by atoms with Crippen LogP contribution in [0.15, 0.2) is 18.2 Å². The number of likely N-dealkylation sites (tertiary alicyclic amines) is 1. The predicted octanol–water partition coefficient (Wildman–Crippen LogP) is 2.24. The molecule has 1 saturated carbocycles. The number of ether oxygens (including phenoxy) is 2. The van der Waals surface area contributed by atoms with Crippen molar-refractivity contribution in [2.75, 3.05) is 33.9 Å². The van der Waals surface area contributed by atoms with Crippen molar-refractivity contribution in [3.63, 3.8) is 0 Å². The van der Waals surface area contributed by atoms with Crippen LogP contribution in [0.4, 0.5) is 0 Å². The Kier molecular flexibility index (Phi) is 5.61. The van der Waals surface area contributed by atoms with Crippen molar-refractivity contribution in [3.05, 3.63) is 23.8 Å². The van der Waals surface area contributed by atoms with Gasteiger partial charge in [0.05, 0.1) is 20.6 Å². The molecule has 2 aliphatic rings. The van der Waals surface area contributed by atoms with Crippen molar-refractivity contribution < 1.29 is 14.3 Å². The van der Waals surface area contributed by atoms with Gasteiger partial charge in [0.2, 0.25) is 5.91 Å². The monoisotopic (exact) mass is 332 g/mol. The van der Waals surface area contributed by atoms with E-state index in [4.69, 9.17) is 9.47 Å². The number of benzene rings is 1. The number of carbonyl (C=O) groups is 1. The topological polar surface area (TPSA) is 50.8 Å². The Hall–Kier alpha value is -1.75. The zero-order chi connectivity index (χ0) is 16.9. The van der Waals surface area contributed by atoms with Gasteiger partial charge in [0, 0.05) is 19.1 Å². The molecule has 3 rings (SSSR count). The van der Waals surface area contributed by atoms with Gasteiger partial charge in [0.1, 0.15) is 0 Å². The number of nitrogens with one attached hydrogen (secondary N) is 1. The average Bonchev–Trinajstić information content (AvgIpc) is 3.44. The van der Waals surface area contributed by atoms with Crippen molar-refractivity contribution in [1.29, 1.82) is 0 Å². The van der Waals surface area contributed by atoms with Crippen LogP contribution in [0.1, 0.15) is 31.2 Å². The maximum absolute atomic E-state index is 12.5. The van der Waals surface area contributed by atoms with Crippen molar-refractivity contribution in [3.8, 4) is 11.5 Å². The summed E-state index contributed by atoms with van der Waals surface area (Å²) in [7, 11) is 3.23. The molecule has 1 N–H and O–H groups in total. The molecule has 1 aromatic rings. The lowest BCUT2D eigenvalue weighted by molar-refractivity contribution is -0.131. The number of rotatable bonds is 7. The average molecular weight is 332 g/mol. The predicted molar refractivity (Wildman–Crippen MR) is 93.6 cm³/mol. The summed E-state index contributed by atoms with van der Waals surface area (Å²) >= 11 is 0. The largest absolute Gasteiger partial charge is 0.493 e. The quantitative estimate of drug-likeness (QED) is 0.832. The third-order valence-electron chi connectivity index (χ3n) is 5.04. The van der Waals surface area contributed by atoms with E-state index in [2.05, 4.69) is 5.32 Å². The molecule has 1 amide bonds. The van der Waals surface area contributed by atoms with E-state index < -0.39 is 0 Å². The van der Waals surface area contributed by atoms with Gasteiger partial charge in [0.25, 0.3) is 0 Å². The molecule has 5 nitrogen and oxygen atoms in total. The second-order valence-electron chi connectivity index (χ2n) is 6.87. The summed E-state index contributed by atoms with van der Waals surface area (Å²) in [6.07, 6.45) is 5.31. The first-order valence-corrected chi connectivity index (χ1v) is 8.91. The van der Waals surface area contributed by atoms with Crippen molar-refractivity contribution in [2.45, 2.75) is 38.1 Å². The van der Waals surface area contributed by atoms with Crippen LogP contribution in [-0.4, -0.2) is 50.7 Å². The maximum atomic E-state index is 12.5. The summed E-state index contributed by atoms with van der Waals surface area (Å²) in [5.41, 5.74) is 0.964. The van der Waals surface area contributed by atoms with Crippen LogP contribution in [0.3, 0.4) is 0 Å². The van der Waals surface area contributed by atoms with E-state index in [1.165, 1.54) is 12.8 Å². The zero-order valence-electron chi connectivity index (χ0n) is 14.7. The minimum absolute atomic E-state index is 0.197. The van der Waals surface area contributed by atoms with Gasteiger partial charge in [0.15, 0.2) is 11.5 Å². The molecule has 1 heterocycles. The molecule has 2 fully saturated rings. The lowest BCUT2D eigenvalue weighted by Crippen LogP contribution is -2.45. The Morgan fingerprint density at radius 1 is 1.12 bits per heavy atom. The Morgan fingerprint density at radius 2 is 1.83 bits per heavy atom. The molecule has 0 bridgehead atoms. The summed E-state index contributed by atoms with van der Waals surface area (Å²) in [6.45, 7) is 2.87. The Bertz CT molecular complexity index is 564. The molecule has 1 aliphatic heterocycles. The van der Waals surface area contributed by atoms with Crippen LogP contribution in [0.2, 0.25) is 0 Å². The third kappa shape index (κ3) is 4.41. The van der Waals surface area contributed by atoms with Crippen LogP contribution in [0, 0.1) is 5.92 Å². The number of methoxy groups -OCH3 is 2. The Morgan fingerprint density at radius 3 is 2.46 bits per heavy atom. The fourth-order valence-electron chi connectivity index (χ4n) is 3.27. The lowest BCUT2D eigenvalue weighted by Gasteiger charge is -2.32. The summed E-state index contributed by atoms with van der Waals surface area (Å²) in [4.78, 5) is 14.5. The van der Waals surface area contributed by atoms with Gasteiger partial charge in [-0.1, -0.05) is 6.07 Å². The second kappa shape index (κ2) is 7.88. The fourth-order valence-corrected chi connectivity index (χ4v) is 3.27. The molecule has 24 heavy (non-hydrogen) atoms. The molecule has 0 atom stereocenters. The second-order valence-corrected chi connectivity index (χ2v) is 6.87. The maximum Gasteiger partial charge on any atom is 0.226 e. The molecule has 0 spiro atoms. The highest BCUT2D eigenvalue weighted by molar-refractivity contribution is 5.79. The van der Waals surface area contributed by atoms with Crippen molar-refractivity contribution in [1.82, 2.24) is 10.2 Å². The number of piperidine rings is 1. The normalized spacial score (nSPS) is 18.5. The molecule has 0 unspecified atom stereocenters. The van der Waals surface area contributed by atoms with Crippen molar-refractivity contribution >= 4 is 5.91 Å². The van der Waals surface area contributed by atoms with Gasteiger partial charge in [-0.2, -0.15) is 0 Å².